The number of nitrogens with one attached hydrogen (secondary N) is 1. The minimum absolute atomic E-state index is 0. The number of carbonyl (C=O) groups excluding carboxylic acids is 2. The molecule has 38 heavy (non-hydrogen) atoms. The van der Waals surface area contributed by atoms with E-state index in [1.54, 1.807) is 16.0 Å². The van der Waals surface area contributed by atoms with Gasteiger partial charge < -0.3 is 19.9 Å². The SMILES string of the molecule is C.C[C@@H]1CN(CC(=O)N2CC(C)(C)c3ncc(Cc4ccc(F)cc4F)cc32)[C@@H](CN2CCOC2=O)CN1. The Morgan fingerprint density at radius 1 is 1.26 bits per heavy atom. The molecule has 1 N–H and O–H groups in total. The largest absolute Gasteiger partial charge is 0.448 e. The molecule has 2 saturated heterocycles. The smallest absolute Gasteiger partial charge is 0.409 e. The molecule has 4 heterocycles. The molecule has 0 saturated carbocycles. The zero-order chi connectivity index (χ0) is 26.3. The topological polar surface area (TPSA) is 78.0 Å². The first-order chi connectivity index (χ1) is 17.6. The van der Waals surface area contributed by atoms with Crippen LogP contribution in [0.4, 0.5) is 19.3 Å². The number of aromatic nitrogens is 1. The molecule has 10 heteroatoms. The number of carbonyl (C=O) groups is 2. The fraction of sp³-hybridized carbons (Fsp3) is 0.536. The highest BCUT2D eigenvalue weighted by molar-refractivity contribution is 5.97. The van der Waals surface area contributed by atoms with Gasteiger partial charge in [0, 0.05) is 62.4 Å². The van der Waals surface area contributed by atoms with Crippen molar-refractivity contribution in [2.75, 3.05) is 50.8 Å². The number of amides is 2. The van der Waals surface area contributed by atoms with Crippen LogP contribution in [0.15, 0.2) is 30.5 Å². The van der Waals surface area contributed by atoms with Gasteiger partial charge in [-0.05, 0) is 30.2 Å². The summed E-state index contributed by atoms with van der Waals surface area (Å²) in [5, 5.41) is 3.45. The third-order valence-electron chi connectivity index (χ3n) is 7.46. The Kier molecular flexibility index (Phi) is 8.04. The molecule has 1 aromatic heterocycles. The van der Waals surface area contributed by atoms with E-state index in [-0.39, 0.29) is 49.9 Å². The predicted octanol–water partition coefficient (Wildman–Crippen LogP) is 3.33. The summed E-state index contributed by atoms with van der Waals surface area (Å²) >= 11 is 0. The van der Waals surface area contributed by atoms with Gasteiger partial charge in [-0.2, -0.15) is 0 Å². The minimum Gasteiger partial charge on any atom is -0.448 e. The minimum atomic E-state index is -0.617. The highest BCUT2D eigenvalue weighted by Gasteiger charge is 2.41. The number of cyclic esters (lactones) is 1. The van der Waals surface area contributed by atoms with Crippen LogP contribution in [0.25, 0.3) is 0 Å². The number of halogens is 2. The first kappa shape index (κ1) is 27.9. The molecule has 3 aliphatic rings. The van der Waals surface area contributed by atoms with Crippen molar-refractivity contribution in [1.29, 1.82) is 0 Å². The van der Waals surface area contributed by atoms with Crippen molar-refractivity contribution in [3.8, 4) is 0 Å². The van der Waals surface area contributed by atoms with Crippen LogP contribution in [0.5, 0.6) is 0 Å². The number of nitrogens with zero attached hydrogens (tertiary/aromatic N) is 4. The molecular formula is C28H37F2N5O3. The van der Waals surface area contributed by atoms with E-state index in [4.69, 9.17) is 4.74 Å². The van der Waals surface area contributed by atoms with Crippen LogP contribution < -0.4 is 10.2 Å². The van der Waals surface area contributed by atoms with Gasteiger partial charge in [0.25, 0.3) is 0 Å². The first-order valence-corrected chi connectivity index (χ1v) is 12.7. The van der Waals surface area contributed by atoms with E-state index in [0.717, 1.165) is 23.0 Å². The van der Waals surface area contributed by atoms with Crippen LogP contribution in [0, 0.1) is 11.6 Å². The Bertz CT molecular complexity index is 1210. The summed E-state index contributed by atoms with van der Waals surface area (Å²) in [6.07, 6.45) is 1.65. The summed E-state index contributed by atoms with van der Waals surface area (Å²) in [6.45, 7) is 9.72. The second-order valence-electron chi connectivity index (χ2n) is 10.9. The van der Waals surface area contributed by atoms with Gasteiger partial charge in [-0.25, -0.2) is 13.6 Å². The molecule has 0 unspecified atom stereocenters. The molecule has 8 nitrogen and oxygen atoms in total. The van der Waals surface area contributed by atoms with Crippen molar-refractivity contribution in [3.63, 3.8) is 0 Å². The number of ether oxygens (including phenoxy) is 1. The van der Waals surface area contributed by atoms with Gasteiger partial charge in [-0.15, -0.1) is 0 Å². The van der Waals surface area contributed by atoms with Crippen LogP contribution in [0.3, 0.4) is 0 Å². The molecule has 0 radical (unpaired) electrons. The molecule has 3 aliphatic heterocycles. The van der Waals surface area contributed by atoms with E-state index in [1.807, 2.05) is 6.07 Å². The maximum Gasteiger partial charge on any atom is 0.409 e. The Labute approximate surface area is 222 Å². The van der Waals surface area contributed by atoms with E-state index < -0.39 is 11.6 Å². The summed E-state index contributed by atoms with van der Waals surface area (Å²) in [7, 11) is 0. The third kappa shape index (κ3) is 5.66. The zero-order valence-electron chi connectivity index (χ0n) is 21.5. The number of benzene rings is 1. The van der Waals surface area contributed by atoms with Crippen molar-refractivity contribution >= 4 is 17.7 Å². The molecule has 2 fully saturated rings. The van der Waals surface area contributed by atoms with Gasteiger partial charge in [0.2, 0.25) is 5.91 Å². The van der Waals surface area contributed by atoms with Crippen LogP contribution in [-0.4, -0.2) is 84.7 Å². The molecular weight excluding hydrogens is 492 g/mol. The van der Waals surface area contributed by atoms with Gasteiger partial charge in [0.15, 0.2) is 0 Å². The lowest BCUT2D eigenvalue weighted by atomic mass is 9.91. The molecule has 2 atom stereocenters. The number of rotatable bonds is 6. The van der Waals surface area contributed by atoms with Crippen LogP contribution in [0.1, 0.15) is 45.0 Å². The van der Waals surface area contributed by atoms with Crippen molar-refractivity contribution in [2.45, 2.75) is 52.1 Å². The summed E-state index contributed by atoms with van der Waals surface area (Å²) < 4.78 is 32.7. The third-order valence-corrected chi connectivity index (χ3v) is 7.46. The first-order valence-electron chi connectivity index (χ1n) is 12.7. The second-order valence-corrected chi connectivity index (χ2v) is 10.9. The van der Waals surface area contributed by atoms with E-state index >= 15 is 0 Å². The van der Waals surface area contributed by atoms with Crippen molar-refractivity contribution in [3.05, 3.63) is 58.9 Å². The van der Waals surface area contributed by atoms with E-state index in [9.17, 15) is 18.4 Å². The molecule has 0 spiro atoms. The second kappa shape index (κ2) is 10.9. The molecule has 5 rings (SSSR count). The molecule has 0 aliphatic carbocycles. The number of hydrogen-bond donors (Lipinski definition) is 1. The summed E-state index contributed by atoms with van der Waals surface area (Å²) in [6, 6.07) is 5.66. The number of fused-ring (bicyclic) bond motifs is 1. The van der Waals surface area contributed by atoms with Gasteiger partial charge >= 0.3 is 6.09 Å². The van der Waals surface area contributed by atoms with Crippen LogP contribution >= 0.6 is 0 Å². The van der Waals surface area contributed by atoms with E-state index in [0.29, 0.717) is 44.9 Å². The lowest BCUT2D eigenvalue weighted by Crippen LogP contribution is -2.60. The Morgan fingerprint density at radius 2 is 2.05 bits per heavy atom. The maximum absolute atomic E-state index is 14.3. The predicted molar refractivity (Wildman–Crippen MR) is 141 cm³/mol. The fourth-order valence-electron chi connectivity index (χ4n) is 5.49. The fourth-order valence-corrected chi connectivity index (χ4v) is 5.49. The van der Waals surface area contributed by atoms with E-state index in [1.165, 1.54) is 12.1 Å². The summed E-state index contributed by atoms with van der Waals surface area (Å²) in [5.74, 6) is -1.26. The highest BCUT2D eigenvalue weighted by Crippen LogP contribution is 2.40. The Balaban J connectivity index is 0.00000336. The molecule has 0 bridgehead atoms. The lowest BCUT2D eigenvalue weighted by Gasteiger charge is -2.40. The molecule has 2 aromatic rings. The number of piperazine rings is 1. The van der Waals surface area contributed by atoms with Gasteiger partial charge in [-0.3, -0.25) is 14.7 Å². The maximum atomic E-state index is 14.3. The average Bonchev–Trinajstić information content (AvgIpc) is 3.36. The number of pyridine rings is 1. The molecule has 1 aromatic carbocycles. The average molecular weight is 530 g/mol. The number of anilines is 1. The summed E-state index contributed by atoms with van der Waals surface area (Å²) in [5.41, 5.74) is 2.35. The van der Waals surface area contributed by atoms with Gasteiger partial charge in [-0.1, -0.05) is 27.3 Å². The van der Waals surface area contributed by atoms with Crippen molar-refractivity contribution < 1.29 is 23.1 Å². The Morgan fingerprint density at radius 3 is 2.76 bits per heavy atom. The zero-order valence-corrected chi connectivity index (χ0v) is 21.5. The summed E-state index contributed by atoms with van der Waals surface area (Å²) in [4.78, 5) is 36.0. The Hall–Kier alpha value is -3.11. The van der Waals surface area contributed by atoms with Crippen molar-refractivity contribution in [1.82, 2.24) is 20.1 Å². The van der Waals surface area contributed by atoms with Gasteiger partial charge in [0.05, 0.1) is 24.5 Å². The normalized spacial score (nSPS) is 22.7. The highest BCUT2D eigenvalue weighted by atomic mass is 19.1. The molecule has 2 amide bonds. The quantitative estimate of drug-likeness (QED) is 0.619. The molecule has 206 valence electrons. The van der Waals surface area contributed by atoms with Crippen LogP contribution in [0.2, 0.25) is 0 Å². The monoisotopic (exact) mass is 529 g/mol. The lowest BCUT2D eigenvalue weighted by molar-refractivity contribution is -0.120. The standard InChI is InChI=1S/C27H33F2N5O3.CH4/c1-17-13-33(21(12-30-17)14-32-6-7-37-26(32)36)15-24(35)34-16-27(2,3)25-23(34)9-18(11-31-25)8-19-4-5-20(28)10-22(19)29;/h4-5,9-11,17,21,30H,6-8,12-16H2,1-3H3;1H4/t17-,21-;/m1./s1. The number of hydrogen-bond acceptors (Lipinski definition) is 6. The van der Waals surface area contributed by atoms with Crippen molar-refractivity contribution in [2.24, 2.45) is 0 Å². The van der Waals surface area contributed by atoms with E-state index in [2.05, 4.69) is 36.0 Å². The van der Waals surface area contributed by atoms with Crippen LogP contribution in [-0.2, 0) is 21.4 Å². The van der Waals surface area contributed by atoms with Gasteiger partial charge in [0.1, 0.15) is 18.2 Å².